The molecule has 1 aliphatic carbocycles. The third-order valence-electron chi connectivity index (χ3n) is 4.06. The lowest BCUT2D eigenvalue weighted by molar-refractivity contribution is 0.394. The molecule has 0 bridgehead atoms. The summed E-state index contributed by atoms with van der Waals surface area (Å²) in [7, 11) is 2.07. The number of rotatable bonds is 3. The Morgan fingerprint density at radius 1 is 1.16 bits per heavy atom. The zero-order valence-corrected chi connectivity index (χ0v) is 14.2. The van der Waals surface area contributed by atoms with Crippen LogP contribution in [-0.4, -0.2) is 13.1 Å². The van der Waals surface area contributed by atoms with Crippen LogP contribution in [0.15, 0.2) is 28.7 Å². The van der Waals surface area contributed by atoms with Crippen molar-refractivity contribution in [3.8, 4) is 0 Å². The molecule has 1 unspecified atom stereocenters. The first-order valence-electron chi connectivity index (χ1n) is 7.60. The molecule has 1 saturated carbocycles. The van der Waals surface area contributed by atoms with Gasteiger partial charge in [-0.05, 0) is 49.9 Å². The maximum Gasteiger partial charge on any atom is 0.0175 e. The topological polar surface area (TPSA) is 12.0 Å². The largest absolute Gasteiger partial charge is 0.317 e. The summed E-state index contributed by atoms with van der Waals surface area (Å²) in [6.07, 6.45) is 8.34. The first-order valence-corrected chi connectivity index (χ1v) is 8.39. The van der Waals surface area contributed by atoms with Crippen LogP contribution >= 0.6 is 15.9 Å². The molecular weight excluding hydrogens is 298 g/mol. The third kappa shape index (κ3) is 6.58. The average Bonchev–Trinajstić information content (AvgIpc) is 2.48. The van der Waals surface area contributed by atoms with Crippen molar-refractivity contribution < 1.29 is 0 Å². The van der Waals surface area contributed by atoms with Crippen LogP contribution < -0.4 is 5.32 Å². The highest BCUT2D eigenvalue weighted by Crippen LogP contribution is 2.20. The summed E-state index contributed by atoms with van der Waals surface area (Å²) in [5.41, 5.74) is 1.43. The number of nitrogens with one attached hydrogen (secondary N) is 1. The van der Waals surface area contributed by atoms with Gasteiger partial charge in [0.15, 0.2) is 0 Å². The second-order valence-corrected chi connectivity index (χ2v) is 6.40. The van der Waals surface area contributed by atoms with Gasteiger partial charge >= 0.3 is 0 Å². The molecule has 2 rings (SSSR count). The van der Waals surface area contributed by atoms with Crippen LogP contribution in [0.3, 0.4) is 0 Å². The van der Waals surface area contributed by atoms with Crippen molar-refractivity contribution in [2.45, 2.75) is 64.3 Å². The molecule has 1 atom stereocenters. The lowest BCUT2D eigenvalue weighted by Gasteiger charge is -2.20. The van der Waals surface area contributed by atoms with Crippen LogP contribution in [0.2, 0.25) is 0 Å². The minimum atomic E-state index is 0.683. The van der Waals surface area contributed by atoms with Gasteiger partial charge in [-0.2, -0.15) is 0 Å². The normalized spacial score (nSPS) is 17.5. The van der Waals surface area contributed by atoms with Gasteiger partial charge in [-0.1, -0.05) is 61.2 Å². The predicted molar refractivity (Wildman–Crippen MR) is 88.8 cm³/mol. The summed E-state index contributed by atoms with van der Waals surface area (Å²) in [4.78, 5) is 0. The van der Waals surface area contributed by atoms with Gasteiger partial charge in [-0.25, -0.2) is 0 Å². The van der Waals surface area contributed by atoms with E-state index < -0.39 is 0 Å². The number of hydrogen-bond donors (Lipinski definition) is 1. The third-order valence-corrected chi connectivity index (χ3v) is 4.59. The molecule has 1 N–H and O–H groups in total. The average molecular weight is 326 g/mol. The molecule has 0 aliphatic heterocycles. The first kappa shape index (κ1) is 16.7. The summed E-state index contributed by atoms with van der Waals surface area (Å²) in [5.74, 6) is 0.683. The molecule has 19 heavy (non-hydrogen) atoms. The molecule has 1 aromatic rings. The van der Waals surface area contributed by atoms with Crippen LogP contribution in [0, 0.1) is 0 Å². The van der Waals surface area contributed by atoms with E-state index in [2.05, 4.69) is 66.4 Å². The van der Waals surface area contributed by atoms with Crippen LogP contribution in [0.4, 0.5) is 0 Å². The minimum absolute atomic E-state index is 0.683. The van der Waals surface area contributed by atoms with Gasteiger partial charge in [-0.3, -0.25) is 0 Å². The van der Waals surface area contributed by atoms with E-state index in [0.717, 1.165) is 10.5 Å². The fraction of sp³-hybridized carbons (Fsp3) is 0.647. The van der Waals surface area contributed by atoms with Gasteiger partial charge in [-0.15, -0.1) is 0 Å². The van der Waals surface area contributed by atoms with E-state index in [9.17, 15) is 0 Å². The Labute approximate surface area is 127 Å². The Bertz CT molecular complexity index is 328. The van der Waals surface area contributed by atoms with Crippen molar-refractivity contribution in [1.29, 1.82) is 0 Å². The highest BCUT2D eigenvalue weighted by molar-refractivity contribution is 9.10. The molecule has 1 aromatic carbocycles. The minimum Gasteiger partial charge on any atom is -0.317 e. The van der Waals surface area contributed by atoms with E-state index in [1.807, 2.05) is 0 Å². The number of benzene rings is 1. The maximum atomic E-state index is 3.42. The van der Waals surface area contributed by atoms with E-state index in [1.54, 1.807) is 0 Å². The molecule has 0 saturated heterocycles. The smallest absolute Gasteiger partial charge is 0.0175 e. The van der Waals surface area contributed by atoms with Gasteiger partial charge in [0.1, 0.15) is 0 Å². The Morgan fingerprint density at radius 2 is 1.74 bits per heavy atom. The van der Waals surface area contributed by atoms with Crippen molar-refractivity contribution in [3.63, 3.8) is 0 Å². The number of hydrogen-bond acceptors (Lipinski definition) is 1. The van der Waals surface area contributed by atoms with Gasteiger partial charge in [0.25, 0.3) is 0 Å². The van der Waals surface area contributed by atoms with E-state index in [1.165, 1.54) is 44.1 Å². The van der Waals surface area contributed by atoms with Gasteiger partial charge in [0.2, 0.25) is 0 Å². The molecular formula is C17H28BrN. The quantitative estimate of drug-likeness (QED) is 0.773. The van der Waals surface area contributed by atoms with Crippen LogP contribution in [0.1, 0.15) is 63.9 Å². The molecule has 0 amide bonds. The predicted octanol–water partition coefficient (Wildman–Crippen LogP) is 5.50. The molecule has 0 radical (unpaired) electrons. The van der Waals surface area contributed by atoms with Crippen molar-refractivity contribution in [2.75, 3.05) is 7.05 Å². The number of halogens is 1. The van der Waals surface area contributed by atoms with Gasteiger partial charge in [0.05, 0.1) is 0 Å². The summed E-state index contributed by atoms with van der Waals surface area (Å²) >= 11 is 3.42. The molecule has 1 fully saturated rings. The van der Waals surface area contributed by atoms with E-state index >= 15 is 0 Å². The summed E-state index contributed by atoms with van der Waals surface area (Å²) < 4.78 is 1.16. The molecule has 0 aromatic heterocycles. The van der Waals surface area contributed by atoms with Crippen molar-refractivity contribution in [1.82, 2.24) is 5.32 Å². The lowest BCUT2D eigenvalue weighted by Crippen LogP contribution is -2.26. The van der Waals surface area contributed by atoms with Crippen LogP contribution in [0.5, 0.6) is 0 Å². The maximum absolute atomic E-state index is 3.42. The molecule has 1 aliphatic rings. The van der Waals surface area contributed by atoms with Crippen LogP contribution in [-0.2, 0) is 0 Å². The summed E-state index contributed by atoms with van der Waals surface area (Å²) in [6.45, 7) is 4.47. The van der Waals surface area contributed by atoms with Gasteiger partial charge in [0, 0.05) is 10.5 Å². The van der Waals surface area contributed by atoms with Crippen molar-refractivity contribution in [2.24, 2.45) is 0 Å². The first-order chi connectivity index (χ1) is 9.17. The SMILES string of the molecule is CCC(C)c1ccc(Br)cc1.CNC1CCCCC1. The van der Waals surface area contributed by atoms with E-state index in [0.29, 0.717) is 5.92 Å². The molecule has 0 heterocycles. The molecule has 1 nitrogen and oxygen atoms in total. The second-order valence-electron chi connectivity index (χ2n) is 5.48. The van der Waals surface area contributed by atoms with Crippen molar-refractivity contribution in [3.05, 3.63) is 34.3 Å². The fourth-order valence-electron chi connectivity index (χ4n) is 2.42. The Hall–Kier alpha value is -0.340. The fourth-order valence-corrected chi connectivity index (χ4v) is 2.68. The molecule has 0 spiro atoms. The Kier molecular flexibility index (Phi) is 8.40. The molecule has 2 heteroatoms. The monoisotopic (exact) mass is 325 g/mol. The van der Waals surface area contributed by atoms with Crippen LogP contribution in [0.25, 0.3) is 0 Å². The zero-order chi connectivity index (χ0) is 14.1. The Morgan fingerprint density at radius 3 is 2.16 bits per heavy atom. The summed E-state index contributed by atoms with van der Waals surface area (Å²) in [6, 6.07) is 9.39. The Balaban J connectivity index is 0.000000200. The highest BCUT2D eigenvalue weighted by Gasteiger charge is 2.09. The lowest BCUT2D eigenvalue weighted by atomic mass is 9.96. The second kappa shape index (κ2) is 9.55. The van der Waals surface area contributed by atoms with Crippen molar-refractivity contribution >= 4 is 15.9 Å². The van der Waals surface area contributed by atoms with Gasteiger partial charge < -0.3 is 5.32 Å². The molecule has 108 valence electrons. The standard InChI is InChI=1S/C10H13Br.C7H15N/c1-3-8(2)9-4-6-10(11)7-5-9;1-8-7-5-3-2-4-6-7/h4-8H,3H2,1-2H3;7-8H,2-6H2,1H3. The zero-order valence-electron chi connectivity index (χ0n) is 12.6. The van der Waals surface area contributed by atoms with E-state index in [4.69, 9.17) is 0 Å². The highest BCUT2D eigenvalue weighted by atomic mass is 79.9. The van der Waals surface area contributed by atoms with E-state index in [-0.39, 0.29) is 0 Å². The summed E-state index contributed by atoms with van der Waals surface area (Å²) in [5, 5.41) is 3.30.